The molecule has 0 unspecified atom stereocenters. The Bertz CT molecular complexity index is 1040. The van der Waals surface area contributed by atoms with E-state index in [1.165, 1.54) is 0 Å². The minimum atomic E-state index is -3.49. The third-order valence-corrected chi connectivity index (χ3v) is 9.14. The monoisotopic (exact) mass is 440 g/mol. The van der Waals surface area contributed by atoms with Gasteiger partial charge in [-0.1, -0.05) is 42.5 Å². The van der Waals surface area contributed by atoms with Gasteiger partial charge in [-0.25, -0.2) is 8.42 Å². The van der Waals surface area contributed by atoms with Crippen LogP contribution in [0.25, 0.3) is 0 Å². The molecule has 0 radical (unpaired) electrons. The average molecular weight is 441 g/mol. The van der Waals surface area contributed by atoms with Crippen molar-refractivity contribution in [2.45, 2.75) is 57.4 Å². The molecule has 1 spiro atoms. The maximum Gasteiger partial charge on any atom is 0.243 e. The van der Waals surface area contributed by atoms with Gasteiger partial charge >= 0.3 is 0 Å². The lowest BCUT2D eigenvalue weighted by Crippen LogP contribution is -2.43. The Morgan fingerprint density at radius 1 is 0.903 bits per heavy atom. The first-order valence-corrected chi connectivity index (χ1v) is 12.6. The third-order valence-electron chi connectivity index (χ3n) is 7.09. The molecule has 5 nitrogen and oxygen atoms in total. The lowest BCUT2D eigenvalue weighted by atomic mass is 9.73. The van der Waals surface area contributed by atoms with Crippen LogP contribution in [-0.4, -0.2) is 43.2 Å². The summed E-state index contributed by atoms with van der Waals surface area (Å²) in [4.78, 5) is 15.1. The van der Waals surface area contributed by atoms with Crippen LogP contribution in [0.5, 0.6) is 0 Å². The number of hydrogen-bond acceptors (Lipinski definition) is 3. The summed E-state index contributed by atoms with van der Waals surface area (Å²) in [7, 11) is -3.49. The molecule has 31 heavy (non-hydrogen) atoms. The zero-order chi connectivity index (χ0) is 22.1. The first kappa shape index (κ1) is 22.0. The van der Waals surface area contributed by atoms with Gasteiger partial charge in [-0.15, -0.1) is 0 Å². The average Bonchev–Trinajstić information content (AvgIpc) is 2.91. The van der Waals surface area contributed by atoms with Crippen molar-refractivity contribution in [3.8, 4) is 0 Å². The van der Waals surface area contributed by atoms with E-state index in [1.807, 2.05) is 49.1 Å². The molecule has 1 amide bonds. The molecule has 6 heteroatoms. The van der Waals surface area contributed by atoms with Gasteiger partial charge in [-0.2, -0.15) is 4.31 Å². The number of carbonyl (C=O) groups is 1. The number of amides is 1. The van der Waals surface area contributed by atoms with E-state index < -0.39 is 10.0 Å². The Labute approximate surface area is 186 Å². The molecule has 0 bridgehead atoms. The van der Waals surface area contributed by atoms with Gasteiger partial charge in [0.2, 0.25) is 15.9 Å². The smallest absolute Gasteiger partial charge is 0.243 e. The predicted molar refractivity (Wildman–Crippen MR) is 122 cm³/mol. The van der Waals surface area contributed by atoms with Gasteiger partial charge in [-0.3, -0.25) is 4.79 Å². The van der Waals surface area contributed by atoms with Gasteiger partial charge < -0.3 is 4.90 Å². The molecule has 2 aromatic carbocycles. The molecule has 4 rings (SSSR count). The van der Waals surface area contributed by atoms with Gasteiger partial charge in [0.05, 0.1) is 4.90 Å². The first-order valence-electron chi connectivity index (χ1n) is 11.2. The normalized spacial score (nSPS) is 20.1. The zero-order valence-corrected chi connectivity index (χ0v) is 19.3. The lowest BCUT2D eigenvalue weighted by Gasteiger charge is -2.41. The van der Waals surface area contributed by atoms with Crippen LogP contribution in [0.2, 0.25) is 0 Å². The molecule has 0 aliphatic carbocycles. The summed E-state index contributed by atoms with van der Waals surface area (Å²) in [6, 6.07) is 15.7. The number of benzene rings is 2. The molecule has 0 N–H and O–H groups in total. The van der Waals surface area contributed by atoms with Crippen LogP contribution in [0.3, 0.4) is 0 Å². The van der Waals surface area contributed by atoms with E-state index in [9.17, 15) is 13.2 Å². The largest absolute Gasteiger partial charge is 0.338 e. The molecule has 0 saturated carbocycles. The van der Waals surface area contributed by atoms with Gasteiger partial charge in [0.25, 0.3) is 0 Å². The van der Waals surface area contributed by atoms with E-state index >= 15 is 0 Å². The van der Waals surface area contributed by atoms with Crippen molar-refractivity contribution in [3.63, 3.8) is 0 Å². The minimum absolute atomic E-state index is 0.0643. The van der Waals surface area contributed by atoms with E-state index in [4.69, 9.17) is 0 Å². The number of hydrogen-bond donors (Lipinski definition) is 0. The summed E-state index contributed by atoms with van der Waals surface area (Å²) in [5.41, 5.74) is 2.97. The van der Waals surface area contributed by atoms with Crippen LogP contribution in [0, 0.1) is 19.3 Å². The van der Waals surface area contributed by atoms with Crippen LogP contribution in [-0.2, 0) is 21.4 Å². The Morgan fingerprint density at radius 3 is 2.29 bits per heavy atom. The molecule has 166 valence electrons. The summed E-state index contributed by atoms with van der Waals surface area (Å²) in [6.45, 7) is 6.24. The Balaban J connectivity index is 1.43. The number of likely N-dealkylation sites (tertiary alicyclic amines) is 1. The molecule has 0 atom stereocenters. The number of nitrogens with zero attached hydrogens (tertiary/aromatic N) is 2. The van der Waals surface area contributed by atoms with E-state index in [0.29, 0.717) is 31.0 Å². The second-order valence-corrected chi connectivity index (χ2v) is 11.1. The quantitative estimate of drug-likeness (QED) is 0.713. The standard InChI is InChI=1S/C25H32N2O3S/c1-20-8-9-21(2)23(18-20)31(29,30)27-16-13-25(14-17-27)11-10-24(28)26(15-12-25)19-22-6-4-3-5-7-22/h3-9,18H,10-17,19H2,1-2H3. The molecule has 2 aliphatic rings. The van der Waals surface area contributed by atoms with E-state index in [1.54, 1.807) is 10.4 Å². The highest BCUT2D eigenvalue weighted by Gasteiger charge is 2.41. The Hall–Kier alpha value is -2.18. The van der Waals surface area contributed by atoms with Crippen molar-refractivity contribution in [3.05, 3.63) is 65.2 Å². The van der Waals surface area contributed by atoms with Crippen LogP contribution < -0.4 is 0 Å². The topological polar surface area (TPSA) is 57.7 Å². The first-order chi connectivity index (χ1) is 14.8. The predicted octanol–water partition coefficient (Wildman–Crippen LogP) is 4.29. The van der Waals surface area contributed by atoms with Crippen LogP contribution >= 0.6 is 0 Å². The van der Waals surface area contributed by atoms with E-state index in [2.05, 4.69) is 12.1 Å². The molecule has 2 aliphatic heterocycles. The number of rotatable bonds is 4. The van der Waals surface area contributed by atoms with E-state index in [-0.39, 0.29) is 11.3 Å². The summed E-state index contributed by atoms with van der Waals surface area (Å²) < 4.78 is 28.2. The van der Waals surface area contributed by atoms with Crippen molar-refractivity contribution in [2.24, 2.45) is 5.41 Å². The minimum Gasteiger partial charge on any atom is -0.338 e. The summed E-state index contributed by atoms with van der Waals surface area (Å²) >= 11 is 0. The highest BCUT2D eigenvalue weighted by molar-refractivity contribution is 7.89. The van der Waals surface area contributed by atoms with Gasteiger partial charge in [0.15, 0.2) is 0 Å². The number of aryl methyl sites for hydroxylation is 2. The number of sulfonamides is 1. The lowest BCUT2D eigenvalue weighted by molar-refractivity contribution is -0.131. The number of carbonyl (C=O) groups excluding carboxylic acids is 1. The fourth-order valence-corrected chi connectivity index (χ4v) is 6.70. The molecular weight excluding hydrogens is 408 g/mol. The van der Waals surface area contributed by atoms with Crippen LogP contribution in [0.15, 0.2) is 53.4 Å². The molecular formula is C25H32N2O3S. The van der Waals surface area contributed by atoms with Gasteiger partial charge in [0.1, 0.15) is 0 Å². The van der Waals surface area contributed by atoms with Crippen molar-refractivity contribution in [1.29, 1.82) is 0 Å². The van der Waals surface area contributed by atoms with Gasteiger partial charge in [-0.05, 0) is 67.7 Å². The molecule has 2 heterocycles. The second kappa shape index (κ2) is 8.75. The second-order valence-electron chi connectivity index (χ2n) is 9.22. The van der Waals surface area contributed by atoms with Crippen molar-refractivity contribution >= 4 is 15.9 Å². The van der Waals surface area contributed by atoms with Crippen molar-refractivity contribution in [2.75, 3.05) is 19.6 Å². The fourth-order valence-electron chi connectivity index (χ4n) is 4.95. The van der Waals surface area contributed by atoms with Crippen LogP contribution in [0.4, 0.5) is 0 Å². The fraction of sp³-hybridized carbons (Fsp3) is 0.480. The SMILES string of the molecule is Cc1ccc(C)c(S(=O)(=O)N2CCC3(CCC(=O)N(Cc4ccccc4)CC3)CC2)c1. The van der Waals surface area contributed by atoms with Gasteiger partial charge in [0, 0.05) is 32.6 Å². The van der Waals surface area contributed by atoms with E-state index in [0.717, 1.165) is 48.9 Å². The molecule has 0 aromatic heterocycles. The maximum absolute atomic E-state index is 13.3. The Morgan fingerprint density at radius 2 is 1.58 bits per heavy atom. The molecule has 2 aromatic rings. The molecule has 2 saturated heterocycles. The van der Waals surface area contributed by atoms with Crippen molar-refractivity contribution in [1.82, 2.24) is 9.21 Å². The highest BCUT2D eigenvalue weighted by atomic mass is 32.2. The third kappa shape index (κ3) is 4.70. The Kier molecular flexibility index (Phi) is 6.22. The zero-order valence-electron chi connectivity index (χ0n) is 18.5. The number of piperidine rings is 1. The maximum atomic E-state index is 13.3. The van der Waals surface area contributed by atoms with Crippen LogP contribution in [0.1, 0.15) is 48.8 Å². The van der Waals surface area contributed by atoms with Crippen molar-refractivity contribution < 1.29 is 13.2 Å². The summed E-state index contributed by atoms with van der Waals surface area (Å²) in [6.07, 6.45) is 4.00. The summed E-state index contributed by atoms with van der Waals surface area (Å²) in [5, 5.41) is 0. The summed E-state index contributed by atoms with van der Waals surface area (Å²) in [5.74, 6) is 0.214. The molecule has 2 fully saturated rings. The highest BCUT2D eigenvalue weighted by Crippen LogP contribution is 2.42.